The normalized spacial score (nSPS) is 10.1. The number of hydrogen-bond acceptors (Lipinski definition) is 2. The van der Waals surface area contributed by atoms with Crippen LogP contribution in [0, 0.1) is 18.3 Å². The van der Waals surface area contributed by atoms with Gasteiger partial charge in [0, 0.05) is 10.7 Å². The summed E-state index contributed by atoms with van der Waals surface area (Å²) in [5, 5.41) is 9.59. The van der Waals surface area contributed by atoms with Crippen LogP contribution in [0.2, 0.25) is 5.02 Å². The van der Waals surface area contributed by atoms with Gasteiger partial charge < -0.3 is 5.73 Å². The minimum absolute atomic E-state index is 0.374. The van der Waals surface area contributed by atoms with Crippen molar-refractivity contribution in [2.75, 3.05) is 5.73 Å². The molecule has 0 radical (unpaired) electrons. The van der Waals surface area contributed by atoms with Gasteiger partial charge >= 0.3 is 0 Å². The molecule has 0 saturated heterocycles. The number of rotatable bonds is 2. The predicted molar refractivity (Wildman–Crippen MR) is 75.4 cm³/mol. The van der Waals surface area contributed by atoms with Gasteiger partial charge in [-0.15, -0.1) is 0 Å². The molecular weight excluding hydrogens is 244 g/mol. The maximum atomic E-state index is 8.89. The Morgan fingerprint density at radius 3 is 2.50 bits per heavy atom. The Balaban J connectivity index is 2.58. The largest absolute Gasteiger partial charge is 0.398 e. The number of nitriles is 1. The van der Waals surface area contributed by atoms with Gasteiger partial charge in [-0.05, 0) is 47.4 Å². The second-order valence-electron chi connectivity index (χ2n) is 4.21. The molecule has 2 nitrogen and oxygen atoms in total. The van der Waals surface area contributed by atoms with Crippen LogP contribution >= 0.6 is 11.6 Å². The monoisotopic (exact) mass is 256 g/mol. The fourth-order valence-corrected chi connectivity index (χ4v) is 2.04. The molecule has 90 valence electrons. The Hall–Kier alpha value is -1.98. The van der Waals surface area contributed by atoms with E-state index in [9.17, 15) is 0 Å². The molecule has 0 spiro atoms. The SMILES string of the molecule is Cc1cc(CC#N)c(-c2ccc(Cl)cc2)cc1N. The van der Waals surface area contributed by atoms with Crippen LogP contribution in [-0.2, 0) is 6.42 Å². The van der Waals surface area contributed by atoms with Crippen molar-refractivity contribution in [2.24, 2.45) is 0 Å². The third kappa shape index (κ3) is 2.47. The number of halogens is 1. The van der Waals surface area contributed by atoms with Crippen LogP contribution in [0.15, 0.2) is 36.4 Å². The molecule has 0 unspecified atom stereocenters. The van der Waals surface area contributed by atoms with E-state index in [0.717, 1.165) is 27.9 Å². The summed E-state index contributed by atoms with van der Waals surface area (Å²) in [5.74, 6) is 0. The van der Waals surface area contributed by atoms with Gasteiger partial charge in [-0.2, -0.15) is 5.26 Å². The maximum Gasteiger partial charge on any atom is 0.0669 e. The van der Waals surface area contributed by atoms with Crippen LogP contribution in [0.3, 0.4) is 0 Å². The highest BCUT2D eigenvalue weighted by atomic mass is 35.5. The van der Waals surface area contributed by atoms with Gasteiger partial charge in [0.1, 0.15) is 0 Å². The summed E-state index contributed by atoms with van der Waals surface area (Å²) in [6.45, 7) is 1.95. The zero-order valence-corrected chi connectivity index (χ0v) is 10.8. The first-order valence-electron chi connectivity index (χ1n) is 5.63. The van der Waals surface area contributed by atoms with Crippen molar-refractivity contribution in [3.05, 3.63) is 52.5 Å². The van der Waals surface area contributed by atoms with Crippen molar-refractivity contribution < 1.29 is 0 Å². The van der Waals surface area contributed by atoms with Gasteiger partial charge in [-0.3, -0.25) is 0 Å². The first kappa shape index (κ1) is 12.5. The topological polar surface area (TPSA) is 49.8 Å². The minimum Gasteiger partial charge on any atom is -0.398 e. The molecule has 0 bridgehead atoms. The van der Waals surface area contributed by atoms with Gasteiger partial charge in [-0.25, -0.2) is 0 Å². The van der Waals surface area contributed by atoms with Crippen LogP contribution in [0.4, 0.5) is 5.69 Å². The Labute approximate surface area is 112 Å². The highest BCUT2D eigenvalue weighted by Crippen LogP contribution is 2.29. The molecule has 2 rings (SSSR count). The van der Waals surface area contributed by atoms with Crippen LogP contribution < -0.4 is 5.73 Å². The van der Waals surface area contributed by atoms with E-state index in [2.05, 4.69) is 6.07 Å². The van der Waals surface area contributed by atoms with Crippen molar-refractivity contribution in [1.82, 2.24) is 0 Å². The Bertz CT molecular complexity index is 610. The van der Waals surface area contributed by atoms with Gasteiger partial charge in [0.25, 0.3) is 0 Å². The van der Waals surface area contributed by atoms with E-state index >= 15 is 0 Å². The summed E-state index contributed by atoms with van der Waals surface area (Å²) in [6, 6.07) is 13.6. The van der Waals surface area contributed by atoms with E-state index in [4.69, 9.17) is 22.6 Å². The number of anilines is 1. The molecule has 2 N–H and O–H groups in total. The van der Waals surface area contributed by atoms with Gasteiger partial charge in [0.05, 0.1) is 12.5 Å². The molecule has 0 fully saturated rings. The number of nitrogens with zero attached hydrogens (tertiary/aromatic N) is 1. The molecule has 0 aromatic heterocycles. The summed E-state index contributed by atoms with van der Waals surface area (Å²) in [7, 11) is 0. The van der Waals surface area contributed by atoms with Gasteiger partial charge in [-0.1, -0.05) is 29.8 Å². The summed E-state index contributed by atoms with van der Waals surface area (Å²) >= 11 is 5.88. The van der Waals surface area contributed by atoms with Gasteiger partial charge in [0.2, 0.25) is 0 Å². The molecule has 0 saturated carbocycles. The molecule has 0 amide bonds. The lowest BCUT2D eigenvalue weighted by atomic mass is 9.95. The fourth-order valence-electron chi connectivity index (χ4n) is 1.91. The fraction of sp³-hybridized carbons (Fsp3) is 0.133. The first-order valence-corrected chi connectivity index (χ1v) is 6.01. The second-order valence-corrected chi connectivity index (χ2v) is 4.64. The molecule has 0 aliphatic rings. The number of nitrogens with two attached hydrogens (primary N) is 1. The van der Waals surface area contributed by atoms with E-state index < -0.39 is 0 Å². The van der Waals surface area contributed by atoms with E-state index in [-0.39, 0.29) is 0 Å². The van der Waals surface area contributed by atoms with Crippen molar-refractivity contribution in [3.8, 4) is 17.2 Å². The summed E-state index contributed by atoms with van der Waals surface area (Å²) in [5.41, 5.74) is 10.7. The van der Waals surface area contributed by atoms with Crippen molar-refractivity contribution in [3.63, 3.8) is 0 Å². The van der Waals surface area contributed by atoms with Crippen molar-refractivity contribution in [1.29, 1.82) is 5.26 Å². The maximum absolute atomic E-state index is 8.89. The second kappa shape index (κ2) is 5.12. The van der Waals surface area contributed by atoms with Crippen LogP contribution in [-0.4, -0.2) is 0 Å². The third-order valence-corrected chi connectivity index (χ3v) is 3.17. The lowest BCUT2D eigenvalue weighted by Gasteiger charge is -2.11. The molecule has 0 atom stereocenters. The van der Waals surface area contributed by atoms with E-state index in [0.29, 0.717) is 11.4 Å². The number of aryl methyl sites for hydroxylation is 1. The average Bonchev–Trinajstić information content (AvgIpc) is 2.35. The molecule has 18 heavy (non-hydrogen) atoms. The minimum atomic E-state index is 0.374. The zero-order valence-electron chi connectivity index (χ0n) is 10.1. The number of nitrogen functional groups attached to an aromatic ring is 1. The Morgan fingerprint density at radius 1 is 1.22 bits per heavy atom. The Morgan fingerprint density at radius 2 is 1.89 bits per heavy atom. The Kier molecular flexibility index (Phi) is 3.55. The van der Waals surface area contributed by atoms with E-state index in [1.807, 2.05) is 43.3 Å². The molecule has 3 heteroatoms. The third-order valence-electron chi connectivity index (χ3n) is 2.92. The average molecular weight is 257 g/mol. The molecular formula is C15H13ClN2. The quantitative estimate of drug-likeness (QED) is 0.827. The highest BCUT2D eigenvalue weighted by Gasteiger charge is 2.08. The molecule has 0 aliphatic heterocycles. The zero-order chi connectivity index (χ0) is 13.1. The number of benzene rings is 2. The van der Waals surface area contributed by atoms with Crippen molar-refractivity contribution in [2.45, 2.75) is 13.3 Å². The van der Waals surface area contributed by atoms with E-state index in [1.165, 1.54) is 0 Å². The van der Waals surface area contributed by atoms with Gasteiger partial charge in [0.15, 0.2) is 0 Å². The summed E-state index contributed by atoms with van der Waals surface area (Å²) < 4.78 is 0. The van der Waals surface area contributed by atoms with Crippen LogP contribution in [0.5, 0.6) is 0 Å². The van der Waals surface area contributed by atoms with Crippen LogP contribution in [0.1, 0.15) is 11.1 Å². The smallest absolute Gasteiger partial charge is 0.0669 e. The summed E-state index contributed by atoms with van der Waals surface area (Å²) in [6.07, 6.45) is 0.374. The standard InChI is InChI=1S/C15H13ClN2/c1-10-8-12(6-7-17)14(9-15(10)18)11-2-4-13(16)5-3-11/h2-5,8-9H,6,18H2,1H3. The lowest BCUT2D eigenvalue weighted by molar-refractivity contribution is 1.25. The van der Waals surface area contributed by atoms with E-state index in [1.54, 1.807) is 0 Å². The highest BCUT2D eigenvalue weighted by molar-refractivity contribution is 6.30. The lowest BCUT2D eigenvalue weighted by Crippen LogP contribution is -1.95. The molecule has 2 aromatic carbocycles. The molecule has 2 aromatic rings. The predicted octanol–water partition coefficient (Wildman–Crippen LogP) is 3.96. The van der Waals surface area contributed by atoms with Crippen LogP contribution in [0.25, 0.3) is 11.1 Å². The molecule has 0 heterocycles. The van der Waals surface area contributed by atoms with Crippen molar-refractivity contribution >= 4 is 17.3 Å². The first-order chi connectivity index (χ1) is 8.61. The summed E-state index contributed by atoms with van der Waals surface area (Å²) in [4.78, 5) is 0. The number of hydrogen-bond donors (Lipinski definition) is 1. The molecule has 0 aliphatic carbocycles.